The van der Waals surface area contributed by atoms with Gasteiger partial charge in [0.1, 0.15) is 0 Å². The molecule has 2 aromatic heterocycles. The van der Waals surface area contributed by atoms with Crippen LogP contribution >= 0.6 is 11.3 Å². The first-order chi connectivity index (χ1) is 6.40. The van der Waals surface area contributed by atoms with E-state index in [1.807, 2.05) is 17.5 Å². The van der Waals surface area contributed by atoms with Crippen molar-refractivity contribution >= 4 is 11.3 Å². The zero-order valence-corrected chi connectivity index (χ0v) is 7.88. The summed E-state index contributed by atoms with van der Waals surface area (Å²) in [7, 11) is 0. The van der Waals surface area contributed by atoms with Gasteiger partial charge in [0.25, 0.3) is 0 Å². The molecule has 0 saturated carbocycles. The fourth-order valence-electron chi connectivity index (χ4n) is 1.08. The maximum absolute atomic E-state index is 5.43. The minimum atomic E-state index is 0.640. The van der Waals surface area contributed by atoms with Crippen molar-refractivity contribution in [3.63, 3.8) is 0 Å². The van der Waals surface area contributed by atoms with E-state index in [9.17, 15) is 0 Å². The summed E-state index contributed by atoms with van der Waals surface area (Å²) >= 11 is 1.59. The van der Waals surface area contributed by atoms with Gasteiger partial charge in [0.2, 0.25) is 0 Å². The highest BCUT2D eigenvalue weighted by Gasteiger charge is 2.05. The molecule has 2 heterocycles. The first-order valence-corrected chi connectivity index (χ1v) is 4.96. The summed E-state index contributed by atoms with van der Waals surface area (Å²) in [4.78, 5) is 4.39. The minimum absolute atomic E-state index is 0.640. The smallest absolute Gasteiger partial charge is 0.162 e. The summed E-state index contributed by atoms with van der Waals surface area (Å²) in [5, 5.41) is 2.94. The molecule has 68 valence electrons. The number of hydrogen-bond donors (Lipinski definition) is 1. The average Bonchev–Trinajstić information content (AvgIpc) is 2.70. The molecule has 13 heavy (non-hydrogen) atoms. The Balaban J connectivity index is 2.23. The Hall–Kier alpha value is -1.13. The molecule has 0 spiro atoms. The van der Waals surface area contributed by atoms with Gasteiger partial charge >= 0.3 is 0 Å². The molecule has 0 aromatic carbocycles. The molecule has 3 nitrogen and oxygen atoms in total. The molecule has 0 fully saturated rings. The van der Waals surface area contributed by atoms with Crippen LogP contribution in [0.5, 0.6) is 0 Å². The second-order valence-electron chi connectivity index (χ2n) is 2.66. The summed E-state index contributed by atoms with van der Waals surface area (Å²) in [5.74, 6) is 0.827. The molecule has 2 rings (SSSR count). The van der Waals surface area contributed by atoms with Crippen LogP contribution < -0.4 is 5.73 Å². The van der Waals surface area contributed by atoms with E-state index < -0.39 is 0 Å². The second kappa shape index (κ2) is 3.72. The quantitative estimate of drug-likeness (QED) is 0.812. The number of rotatable bonds is 3. The zero-order valence-electron chi connectivity index (χ0n) is 7.06. The van der Waals surface area contributed by atoms with Crippen molar-refractivity contribution in [1.82, 2.24) is 4.98 Å². The van der Waals surface area contributed by atoms with Gasteiger partial charge in [-0.2, -0.15) is 0 Å². The van der Waals surface area contributed by atoms with Gasteiger partial charge in [0.15, 0.2) is 10.8 Å². The third-order valence-corrected chi connectivity index (χ3v) is 2.59. The van der Waals surface area contributed by atoms with Gasteiger partial charge in [-0.3, -0.25) is 0 Å². The lowest BCUT2D eigenvalue weighted by Crippen LogP contribution is -2.02. The number of nitrogens with zero attached hydrogens (tertiary/aromatic N) is 1. The summed E-state index contributed by atoms with van der Waals surface area (Å²) in [6, 6.07) is 3.77. The van der Waals surface area contributed by atoms with Crippen LogP contribution in [0.1, 0.15) is 5.69 Å². The van der Waals surface area contributed by atoms with Crippen molar-refractivity contribution in [3.8, 4) is 10.8 Å². The fourth-order valence-corrected chi connectivity index (χ4v) is 1.90. The molecular formula is C9H10N2OS. The monoisotopic (exact) mass is 194 g/mol. The van der Waals surface area contributed by atoms with Gasteiger partial charge < -0.3 is 10.2 Å². The van der Waals surface area contributed by atoms with Gasteiger partial charge in [0.05, 0.1) is 12.0 Å². The number of furan rings is 1. The first-order valence-electron chi connectivity index (χ1n) is 4.08. The van der Waals surface area contributed by atoms with Crippen LogP contribution in [-0.2, 0) is 6.42 Å². The SMILES string of the molecule is NCCc1csc(-c2ccco2)n1. The number of thiazole rings is 1. The normalized spacial score (nSPS) is 10.5. The Morgan fingerprint density at radius 3 is 3.15 bits per heavy atom. The van der Waals surface area contributed by atoms with Gasteiger partial charge in [0, 0.05) is 11.8 Å². The predicted molar refractivity (Wildman–Crippen MR) is 52.6 cm³/mol. The Labute approximate surface area is 80.2 Å². The molecule has 0 atom stereocenters. The van der Waals surface area contributed by atoms with Crippen LogP contribution in [0.15, 0.2) is 28.2 Å². The van der Waals surface area contributed by atoms with E-state index in [0.717, 1.165) is 22.9 Å². The van der Waals surface area contributed by atoms with Crippen LogP contribution in [0.2, 0.25) is 0 Å². The molecule has 2 N–H and O–H groups in total. The summed E-state index contributed by atoms with van der Waals surface area (Å²) in [5.41, 5.74) is 6.47. The Kier molecular flexibility index (Phi) is 2.42. The van der Waals surface area contributed by atoms with E-state index in [1.54, 1.807) is 17.6 Å². The Morgan fingerprint density at radius 1 is 1.54 bits per heavy atom. The molecule has 0 bridgehead atoms. The number of hydrogen-bond acceptors (Lipinski definition) is 4. The lowest BCUT2D eigenvalue weighted by molar-refractivity contribution is 0.581. The second-order valence-corrected chi connectivity index (χ2v) is 3.52. The van der Waals surface area contributed by atoms with E-state index in [2.05, 4.69) is 4.98 Å². The van der Waals surface area contributed by atoms with Crippen molar-refractivity contribution in [2.75, 3.05) is 6.54 Å². The van der Waals surface area contributed by atoms with E-state index in [-0.39, 0.29) is 0 Å². The highest BCUT2D eigenvalue weighted by Crippen LogP contribution is 2.23. The fraction of sp³-hybridized carbons (Fsp3) is 0.222. The highest BCUT2D eigenvalue weighted by molar-refractivity contribution is 7.13. The largest absolute Gasteiger partial charge is 0.462 e. The van der Waals surface area contributed by atoms with Gasteiger partial charge in [-0.15, -0.1) is 11.3 Å². The molecule has 0 radical (unpaired) electrons. The maximum Gasteiger partial charge on any atom is 0.162 e. The Bertz CT molecular complexity index is 367. The van der Waals surface area contributed by atoms with Crippen molar-refractivity contribution < 1.29 is 4.42 Å². The van der Waals surface area contributed by atoms with Gasteiger partial charge in [-0.1, -0.05) is 0 Å². The van der Waals surface area contributed by atoms with Crippen LogP contribution in [0, 0.1) is 0 Å². The van der Waals surface area contributed by atoms with E-state index in [0.29, 0.717) is 6.54 Å². The van der Waals surface area contributed by atoms with Crippen LogP contribution in [0.3, 0.4) is 0 Å². The van der Waals surface area contributed by atoms with Gasteiger partial charge in [-0.25, -0.2) is 4.98 Å². The molecule has 4 heteroatoms. The maximum atomic E-state index is 5.43. The number of aromatic nitrogens is 1. The topological polar surface area (TPSA) is 52.0 Å². The molecule has 0 saturated heterocycles. The van der Waals surface area contributed by atoms with Crippen molar-refractivity contribution in [2.45, 2.75) is 6.42 Å². The lowest BCUT2D eigenvalue weighted by Gasteiger charge is -1.89. The van der Waals surface area contributed by atoms with E-state index in [1.165, 1.54) is 0 Å². The summed E-state index contributed by atoms with van der Waals surface area (Å²) in [6.07, 6.45) is 2.48. The van der Waals surface area contributed by atoms with Crippen LogP contribution in [-0.4, -0.2) is 11.5 Å². The Morgan fingerprint density at radius 2 is 2.46 bits per heavy atom. The number of nitrogens with two attached hydrogens (primary N) is 1. The lowest BCUT2D eigenvalue weighted by atomic mass is 10.3. The molecule has 0 aliphatic carbocycles. The first kappa shape index (κ1) is 8.47. The van der Waals surface area contributed by atoms with E-state index in [4.69, 9.17) is 10.2 Å². The highest BCUT2D eigenvalue weighted by atomic mass is 32.1. The third-order valence-electron chi connectivity index (χ3n) is 1.68. The summed E-state index contributed by atoms with van der Waals surface area (Å²) < 4.78 is 5.23. The predicted octanol–water partition coefficient (Wildman–Crippen LogP) is 1.90. The van der Waals surface area contributed by atoms with E-state index >= 15 is 0 Å². The summed E-state index contributed by atoms with van der Waals surface area (Å²) in [6.45, 7) is 0.640. The third kappa shape index (κ3) is 1.79. The molecular weight excluding hydrogens is 184 g/mol. The standard InChI is InChI=1S/C9H10N2OS/c10-4-3-7-6-13-9(11-7)8-2-1-5-12-8/h1-2,5-6H,3-4,10H2. The zero-order chi connectivity index (χ0) is 9.10. The minimum Gasteiger partial charge on any atom is -0.462 e. The average molecular weight is 194 g/mol. The molecule has 2 aromatic rings. The molecule has 0 aliphatic heterocycles. The van der Waals surface area contributed by atoms with Crippen molar-refractivity contribution in [3.05, 3.63) is 29.5 Å². The van der Waals surface area contributed by atoms with Crippen molar-refractivity contribution in [1.29, 1.82) is 0 Å². The molecule has 0 amide bonds. The van der Waals surface area contributed by atoms with Crippen molar-refractivity contribution in [2.24, 2.45) is 5.73 Å². The molecule has 0 aliphatic rings. The van der Waals surface area contributed by atoms with Crippen LogP contribution in [0.4, 0.5) is 0 Å². The van der Waals surface area contributed by atoms with Gasteiger partial charge in [-0.05, 0) is 18.7 Å². The van der Waals surface area contributed by atoms with Crippen LogP contribution in [0.25, 0.3) is 10.8 Å². The molecule has 0 unspecified atom stereocenters.